The van der Waals surface area contributed by atoms with Gasteiger partial charge in [-0.25, -0.2) is 8.42 Å². The lowest BCUT2D eigenvalue weighted by atomic mass is 10.1. The van der Waals surface area contributed by atoms with E-state index in [1.54, 1.807) is 16.4 Å². The smallest absolute Gasteiger partial charge is 0.243 e. The van der Waals surface area contributed by atoms with Gasteiger partial charge in [0.25, 0.3) is 0 Å². The predicted molar refractivity (Wildman–Crippen MR) is 101 cm³/mol. The van der Waals surface area contributed by atoms with Gasteiger partial charge in [-0.05, 0) is 56.5 Å². The van der Waals surface area contributed by atoms with Gasteiger partial charge in [-0.15, -0.1) is 0 Å². The summed E-state index contributed by atoms with van der Waals surface area (Å²) in [6, 6.07) is 5.39. The SMILES string of the molecule is CCN1CCN(S(=O)(=O)c2ccc3c(c2)C[C@@H](C)N3C(=O)C2CC2)CC1. The molecule has 1 aromatic carbocycles. The predicted octanol–water partition coefficient (Wildman–Crippen LogP) is 1.70. The Balaban J connectivity index is 1.58. The Kier molecular flexibility index (Phi) is 4.57. The molecule has 1 atom stereocenters. The molecule has 2 aliphatic heterocycles. The summed E-state index contributed by atoms with van der Waals surface area (Å²) in [7, 11) is -3.47. The van der Waals surface area contributed by atoms with Gasteiger partial charge < -0.3 is 9.80 Å². The third kappa shape index (κ3) is 3.06. The first-order valence-corrected chi connectivity index (χ1v) is 11.0. The molecule has 0 radical (unpaired) electrons. The van der Waals surface area contributed by atoms with Crippen LogP contribution in [0.25, 0.3) is 0 Å². The average molecular weight is 378 g/mol. The third-order valence-electron chi connectivity index (χ3n) is 5.85. The molecule has 7 heteroatoms. The van der Waals surface area contributed by atoms with E-state index in [4.69, 9.17) is 0 Å². The lowest BCUT2D eigenvalue weighted by Crippen LogP contribution is -2.48. The van der Waals surface area contributed by atoms with Crippen LogP contribution in [-0.4, -0.2) is 62.3 Å². The van der Waals surface area contributed by atoms with Crippen LogP contribution in [0.1, 0.15) is 32.3 Å². The highest BCUT2D eigenvalue weighted by Crippen LogP contribution is 2.39. The van der Waals surface area contributed by atoms with Crippen LogP contribution in [0, 0.1) is 5.92 Å². The Bertz CT molecular complexity index is 811. The highest BCUT2D eigenvalue weighted by Gasteiger charge is 2.40. The molecule has 1 amide bonds. The zero-order chi connectivity index (χ0) is 18.5. The summed E-state index contributed by atoms with van der Waals surface area (Å²) >= 11 is 0. The van der Waals surface area contributed by atoms with Crippen LogP contribution in [-0.2, 0) is 21.2 Å². The summed E-state index contributed by atoms with van der Waals surface area (Å²) in [5.74, 6) is 0.365. The maximum Gasteiger partial charge on any atom is 0.243 e. The van der Waals surface area contributed by atoms with Gasteiger partial charge in [0.05, 0.1) is 4.90 Å². The number of sulfonamides is 1. The Labute approximate surface area is 155 Å². The molecular formula is C19H27N3O3S. The lowest BCUT2D eigenvalue weighted by Gasteiger charge is -2.33. The van der Waals surface area contributed by atoms with E-state index in [-0.39, 0.29) is 17.9 Å². The van der Waals surface area contributed by atoms with Crippen molar-refractivity contribution in [3.8, 4) is 0 Å². The van der Waals surface area contributed by atoms with Crippen molar-refractivity contribution in [2.75, 3.05) is 37.6 Å². The Morgan fingerprint density at radius 2 is 1.85 bits per heavy atom. The maximum atomic E-state index is 13.0. The maximum absolute atomic E-state index is 13.0. The minimum atomic E-state index is -3.47. The van der Waals surface area contributed by atoms with Crippen molar-refractivity contribution >= 4 is 21.6 Å². The minimum Gasteiger partial charge on any atom is -0.309 e. The fourth-order valence-corrected chi connectivity index (χ4v) is 5.54. The first-order valence-electron chi connectivity index (χ1n) is 9.60. The molecule has 1 saturated carbocycles. The van der Waals surface area contributed by atoms with Crippen LogP contribution in [0.15, 0.2) is 23.1 Å². The van der Waals surface area contributed by atoms with Crippen molar-refractivity contribution in [2.24, 2.45) is 5.92 Å². The number of hydrogen-bond acceptors (Lipinski definition) is 4. The first-order chi connectivity index (χ1) is 12.4. The Morgan fingerprint density at radius 3 is 2.46 bits per heavy atom. The fourth-order valence-electron chi connectivity index (χ4n) is 4.07. The van der Waals surface area contributed by atoms with Crippen LogP contribution in [0.5, 0.6) is 0 Å². The van der Waals surface area contributed by atoms with Crippen molar-refractivity contribution < 1.29 is 13.2 Å². The molecule has 142 valence electrons. The molecule has 3 aliphatic rings. The normalized spacial score (nSPS) is 24.7. The molecule has 2 heterocycles. The largest absolute Gasteiger partial charge is 0.309 e. The van der Waals surface area contributed by atoms with Gasteiger partial charge >= 0.3 is 0 Å². The molecule has 0 aromatic heterocycles. The van der Waals surface area contributed by atoms with Gasteiger partial charge in [0.15, 0.2) is 0 Å². The number of anilines is 1. The van der Waals surface area contributed by atoms with Gasteiger partial charge in [-0.2, -0.15) is 4.31 Å². The van der Waals surface area contributed by atoms with Gasteiger partial charge in [-0.3, -0.25) is 4.79 Å². The number of hydrogen-bond donors (Lipinski definition) is 0. The van der Waals surface area contributed by atoms with Gasteiger partial charge in [0.2, 0.25) is 15.9 Å². The van der Waals surface area contributed by atoms with Crippen molar-refractivity contribution in [3.05, 3.63) is 23.8 Å². The number of nitrogens with zero attached hydrogens (tertiary/aromatic N) is 3. The van der Waals surface area contributed by atoms with Gasteiger partial charge in [0, 0.05) is 43.8 Å². The molecule has 4 rings (SSSR count). The number of piperazine rings is 1. The van der Waals surface area contributed by atoms with Crippen LogP contribution in [0.3, 0.4) is 0 Å². The van der Waals surface area contributed by atoms with E-state index in [1.165, 1.54) is 0 Å². The van der Waals surface area contributed by atoms with Gasteiger partial charge in [-0.1, -0.05) is 6.92 Å². The van der Waals surface area contributed by atoms with Crippen molar-refractivity contribution in [1.82, 2.24) is 9.21 Å². The van der Waals surface area contributed by atoms with Crippen molar-refractivity contribution in [2.45, 2.75) is 44.0 Å². The first kappa shape index (κ1) is 17.9. The van der Waals surface area contributed by atoms with Crippen molar-refractivity contribution in [3.63, 3.8) is 0 Å². The summed E-state index contributed by atoms with van der Waals surface area (Å²) in [6.07, 6.45) is 2.68. The molecule has 26 heavy (non-hydrogen) atoms. The summed E-state index contributed by atoms with van der Waals surface area (Å²) < 4.78 is 27.6. The standard InChI is InChI=1S/C19H27N3O3S/c1-3-20-8-10-21(11-9-20)26(24,25)17-6-7-18-16(13-17)12-14(2)22(18)19(23)15-4-5-15/h6-7,13-15H,3-5,8-12H2,1-2H3/t14-/m1/s1. The van der Waals surface area contributed by atoms with Crippen molar-refractivity contribution in [1.29, 1.82) is 0 Å². The molecule has 1 aliphatic carbocycles. The number of fused-ring (bicyclic) bond motifs is 1. The van der Waals surface area contributed by atoms with Crippen LogP contribution < -0.4 is 4.90 Å². The third-order valence-corrected chi connectivity index (χ3v) is 7.74. The lowest BCUT2D eigenvalue weighted by molar-refractivity contribution is -0.120. The number of benzene rings is 1. The zero-order valence-electron chi connectivity index (χ0n) is 15.5. The second kappa shape index (κ2) is 6.62. The summed E-state index contributed by atoms with van der Waals surface area (Å²) in [5.41, 5.74) is 1.86. The monoisotopic (exact) mass is 377 g/mol. The molecular weight excluding hydrogens is 350 g/mol. The van der Waals surface area contributed by atoms with Crippen LogP contribution in [0.4, 0.5) is 5.69 Å². The number of amides is 1. The molecule has 1 saturated heterocycles. The topological polar surface area (TPSA) is 60.9 Å². The molecule has 0 spiro atoms. The number of carbonyl (C=O) groups excluding carboxylic acids is 1. The van der Waals surface area contributed by atoms with E-state index in [2.05, 4.69) is 11.8 Å². The Morgan fingerprint density at radius 1 is 1.15 bits per heavy atom. The number of carbonyl (C=O) groups is 1. The molecule has 2 fully saturated rings. The number of likely N-dealkylation sites (N-methyl/N-ethyl adjacent to an activating group) is 1. The molecule has 0 N–H and O–H groups in total. The quantitative estimate of drug-likeness (QED) is 0.801. The van der Waals surface area contributed by atoms with E-state index < -0.39 is 10.0 Å². The second-order valence-electron chi connectivity index (χ2n) is 7.66. The molecule has 0 unspecified atom stereocenters. The summed E-state index contributed by atoms with van der Waals surface area (Å²) in [5, 5.41) is 0. The number of rotatable bonds is 4. The summed E-state index contributed by atoms with van der Waals surface area (Å²) in [6.45, 7) is 7.73. The van der Waals surface area contributed by atoms with E-state index in [9.17, 15) is 13.2 Å². The van der Waals surface area contributed by atoms with E-state index in [1.807, 2.05) is 17.9 Å². The molecule has 1 aromatic rings. The molecule has 0 bridgehead atoms. The average Bonchev–Trinajstić information content (AvgIpc) is 3.43. The second-order valence-corrected chi connectivity index (χ2v) is 9.60. The van der Waals surface area contributed by atoms with Crippen LogP contribution >= 0.6 is 0 Å². The van der Waals surface area contributed by atoms with E-state index in [0.29, 0.717) is 18.0 Å². The zero-order valence-corrected chi connectivity index (χ0v) is 16.3. The highest BCUT2D eigenvalue weighted by atomic mass is 32.2. The van der Waals surface area contributed by atoms with E-state index in [0.717, 1.165) is 50.1 Å². The van der Waals surface area contributed by atoms with Crippen LogP contribution in [0.2, 0.25) is 0 Å². The molecule has 6 nitrogen and oxygen atoms in total. The Hall–Kier alpha value is -1.44. The summed E-state index contributed by atoms with van der Waals surface area (Å²) in [4.78, 5) is 17.1. The van der Waals surface area contributed by atoms with Gasteiger partial charge in [0.1, 0.15) is 0 Å². The fraction of sp³-hybridized carbons (Fsp3) is 0.632. The minimum absolute atomic E-state index is 0.101. The highest BCUT2D eigenvalue weighted by molar-refractivity contribution is 7.89. The van der Waals surface area contributed by atoms with E-state index >= 15 is 0 Å².